The van der Waals surface area contributed by atoms with Crippen molar-refractivity contribution in [3.8, 4) is 0 Å². The van der Waals surface area contributed by atoms with Crippen LogP contribution in [0.3, 0.4) is 0 Å². The first-order valence-electron chi connectivity index (χ1n) is 9.96. The molecule has 1 heterocycles. The highest BCUT2D eigenvalue weighted by Crippen LogP contribution is 2.10. The molecule has 0 unspecified atom stereocenters. The third kappa shape index (κ3) is 9.08. The Morgan fingerprint density at radius 1 is 1.15 bits per heavy atom. The van der Waals surface area contributed by atoms with Gasteiger partial charge >= 0.3 is 0 Å². The van der Waals surface area contributed by atoms with E-state index in [2.05, 4.69) is 52.0 Å². The fraction of sp³-hybridized carbons (Fsp3) is 0.650. The average Bonchev–Trinajstić information content (AvgIpc) is 2.71. The topological polar surface area (TPSA) is 70.2 Å². The molecule has 3 N–H and O–H groups in total. The number of morpholine rings is 1. The number of benzene rings is 1. The van der Waals surface area contributed by atoms with E-state index in [1.165, 1.54) is 5.56 Å². The van der Waals surface area contributed by atoms with E-state index < -0.39 is 0 Å². The molecule has 0 amide bonds. The lowest BCUT2D eigenvalue weighted by atomic mass is 10.2. The van der Waals surface area contributed by atoms with Gasteiger partial charge in [-0.1, -0.05) is 12.1 Å². The van der Waals surface area contributed by atoms with Crippen LogP contribution in [0, 0.1) is 0 Å². The second-order valence-corrected chi connectivity index (χ2v) is 6.55. The van der Waals surface area contributed by atoms with Gasteiger partial charge in [-0.15, -0.1) is 0 Å². The molecule has 0 aliphatic carbocycles. The summed E-state index contributed by atoms with van der Waals surface area (Å²) in [6, 6.07) is 8.40. The summed E-state index contributed by atoms with van der Waals surface area (Å²) in [5.41, 5.74) is 2.30. The van der Waals surface area contributed by atoms with E-state index in [-0.39, 0.29) is 0 Å². The number of rotatable bonds is 11. The number of hydrogen-bond acceptors (Lipinski definition) is 5. The normalized spacial score (nSPS) is 15.6. The highest BCUT2D eigenvalue weighted by Gasteiger charge is 2.09. The predicted octanol–water partition coefficient (Wildman–Crippen LogP) is 1.52. The SMILES string of the molecule is CCNC(=NCc1ccc(NCCOC)cc1)NCCCN1CCOCC1. The van der Waals surface area contributed by atoms with Crippen molar-refractivity contribution in [2.75, 3.05) is 71.5 Å². The van der Waals surface area contributed by atoms with Crippen LogP contribution in [0.25, 0.3) is 0 Å². The molecule has 0 bridgehead atoms. The summed E-state index contributed by atoms with van der Waals surface area (Å²) in [5, 5.41) is 10.1. The number of ether oxygens (including phenoxy) is 2. The van der Waals surface area contributed by atoms with Crippen molar-refractivity contribution in [1.29, 1.82) is 0 Å². The first-order valence-corrected chi connectivity index (χ1v) is 9.96. The molecular weight excluding hydrogens is 342 g/mol. The Morgan fingerprint density at radius 2 is 1.93 bits per heavy atom. The lowest BCUT2D eigenvalue weighted by Gasteiger charge is -2.26. The van der Waals surface area contributed by atoms with Crippen molar-refractivity contribution in [3.05, 3.63) is 29.8 Å². The van der Waals surface area contributed by atoms with E-state index >= 15 is 0 Å². The number of guanidine groups is 1. The maximum atomic E-state index is 5.39. The van der Waals surface area contributed by atoms with Crippen LogP contribution in [-0.2, 0) is 16.0 Å². The molecule has 27 heavy (non-hydrogen) atoms. The Bertz CT molecular complexity index is 530. The van der Waals surface area contributed by atoms with Crippen LogP contribution < -0.4 is 16.0 Å². The summed E-state index contributed by atoms with van der Waals surface area (Å²) in [6.45, 7) is 11.0. The van der Waals surface area contributed by atoms with Gasteiger partial charge in [0.15, 0.2) is 5.96 Å². The van der Waals surface area contributed by atoms with E-state index in [1.54, 1.807) is 7.11 Å². The van der Waals surface area contributed by atoms with Gasteiger partial charge < -0.3 is 25.4 Å². The van der Waals surface area contributed by atoms with Crippen LogP contribution in [-0.4, -0.2) is 77.1 Å². The molecular formula is C20H35N5O2. The van der Waals surface area contributed by atoms with Gasteiger partial charge in [-0.25, -0.2) is 4.99 Å². The largest absolute Gasteiger partial charge is 0.383 e. The molecule has 7 nitrogen and oxygen atoms in total. The van der Waals surface area contributed by atoms with E-state index in [0.29, 0.717) is 13.2 Å². The molecule has 7 heteroatoms. The molecule has 2 rings (SSSR count). The van der Waals surface area contributed by atoms with Gasteiger partial charge in [-0.2, -0.15) is 0 Å². The minimum atomic E-state index is 0.664. The lowest BCUT2D eigenvalue weighted by molar-refractivity contribution is 0.0376. The van der Waals surface area contributed by atoms with Gasteiger partial charge in [0.1, 0.15) is 0 Å². The van der Waals surface area contributed by atoms with E-state index in [1.807, 2.05) is 0 Å². The number of hydrogen-bond donors (Lipinski definition) is 3. The van der Waals surface area contributed by atoms with Crippen LogP contribution >= 0.6 is 0 Å². The van der Waals surface area contributed by atoms with Crippen molar-refractivity contribution in [2.45, 2.75) is 19.9 Å². The highest BCUT2D eigenvalue weighted by atomic mass is 16.5. The standard InChI is InChI=1S/C20H35N5O2/c1-3-21-20(23-9-4-11-25-12-15-27-16-13-25)24-17-18-5-7-19(8-6-18)22-10-14-26-2/h5-8,22H,3-4,9-17H2,1-2H3,(H2,21,23,24). The first kappa shape index (κ1) is 21.5. The van der Waals surface area contributed by atoms with Gasteiger partial charge in [0, 0.05) is 45.5 Å². The number of anilines is 1. The summed E-state index contributed by atoms with van der Waals surface area (Å²) in [4.78, 5) is 7.15. The molecule has 0 aromatic heterocycles. The first-order chi connectivity index (χ1) is 13.3. The van der Waals surface area contributed by atoms with E-state index in [0.717, 1.165) is 70.6 Å². The Hall–Kier alpha value is -1.83. The molecule has 1 fully saturated rings. The minimum absolute atomic E-state index is 0.664. The highest BCUT2D eigenvalue weighted by molar-refractivity contribution is 5.79. The van der Waals surface area contributed by atoms with Gasteiger partial charge in [0.2, 0.25) is 0 Å². The van der Waals surface area contributed by atoms with Gasteiger partial charge in [0.25, 0.3) is 0 Å². The fourth-order valence-corrected chi connectivity index (χ4v) is 2.87. The summed E-state index contributed by atoms with van der Waals surface area (Å²) >= 11 is 0. The molecule has 0 saturated carbocycles. The number of methoxy groups -OCH3 is 1. The fourth-order valence-electron chi connectivity index (χ4n) is 2.87. The summed E-state index contributed by atoms with van der Waals surface area (Å²) in [7, 11) is 1.71. The van der Waals surface area contributed by atoms with Crippen LogP contribution in [0.15, 0.2) is 29.3 Å². The number of aliphatic imine (C=N–C) groups is 1. The van der Waals surface area contributed by atoms with Crippen molar-refractivity contribution in [3.63, 3.8) is 0 Å². The van der Waals surface area contributed by atoms with Crippen molar-refractivity contribution < 1.29 is 9.47 Å². The van der Waals surface area contributed by atoms with Crippen LogP contribution in [0.2, 0.25) is 0 Å². The van der Waals surface area contributed by atoms with Gasteiger partial charge in [0.05, 0.1) is 26.4 Å². The van der Waals surface area contributed by atoms with Crippen LogP contribution in [0.5, 0.6) is 0 Å². The summed E-state index contributed by atoms with van der Waals surface area (Å²) < 4.78 is 10.4. The number of nitrogens with one attached hydrogen (secondary N) is 3. The van der Waals surface area contributed by atoms with E-state index in [4.69, 9.17) is 14.5 Å². The molecule has 1 aromatic rings. The monoisotopic (exact) mass is 377 g/mol. The smallest absolute Gasteiger partial charge is 0.191 e. The molecule has 0 spiro atoms. The Kier molecular flexibility index (Phi) is 10.6. The molecule has 1 aromatic carbocycles. The second kappa shape index (κ2) is 13.4. The zero-order valence-corrected chi connectivity index (χ0v) is 16.8. The van der Waals surface area contributed by atoms with Gasteiger partial charge in [-0.3, -0.25) is 4.90 Å². The molecule has 1 aliphatic rings. The lowest BCUT2D eigenvalue weighted by Crippen LogP contribution is -2.40. The minimum Gasteiger partial charge on any atom is -0.383 e. The maximum Gasteiger partial charge on any atom is 0.191 e. The Morgan fingerprint density at radius 3 is 2.63 bits per heavy atom. The molecule has 1 aliphatic heterocycles. The molecule has 0 radical (unpaired) electrons. The van der Waals surface area contributed by atoms with Crippen LogP contribution in [0.4, 0.5) is 5.69 Å². The van der Waals surface area contributed by atoms with Crippen LogP contribution in [0.1, 0.15) is 18.9 Å². The van der Waals surface area contributed by atoms with Crippen molar-refractivity contribution in [2.24, 2.45) is 4.99 Å². The summed E-state index contributed by atoms with van der Waals surface area (Å²) in [6.07, 6.45) is 1.10. The molecule has 0 atom stereocenters. The zero-order chi connectivity index (χ0) is 19.2. The van der Waals surface area contributed by atoms with Crippen molar-refractivity contribution >= 4 is 11.6 Å². The Balaban J connectivity index is 1.71. The Labute approximate surface area is 163 Å². The third-order valence-electron chi connectivity index (χ3n) is 4.40. The molecule has 1 saturated heterocycles. The van der Waals surface area contributed by atoms with Crippen molar-refractivity contribution in [1.82, 2.24) is 15.5 Å². The quantitative estimate of drug-likeness (QED) is 0.309. The zero-order valence-electron chi connectivity index (χ0n) is 16.8. The average molecular weight is 378 g/mol. The second-order valence-electron chi connectivity index (χ2n) is 6.55. The number of nitrogens with zero attached hydrogens (tertiary/aromatic N) is 2. The van der Waals surface area contributed by atoms with Gasteiger partial charge in [-0.05, 0) is 37.6 Å². The van der Waals surface area contributed by atoms with E-state index in [9.17, 15) is 0 Å². The predicted molar refractivity (Wildman–Crippen MR) is 112 cm³/mol. The summed E-state index contributed by atoms with van der Waals surface area (Å²) in [5.74, 6) is 0.877. The molecule has 152 valence electrons. The maximum absolute atomic E-state index is 5.39. The third-order valence-corrected chi connectivity index (χ3v) is 4.40.